The SMILES string of the molecule is Oc1cc(O)c2c(c1)O[C@]1(c3cc(O)c(O)c(O)c3)Oc3cc(O)c4c(c3[C@H]2[C@@H]1O)O[C@H](c1cc(O)c(O)c(O)c1)[C@@H](O)[C@@H]4c1c(O)cc(O)c2c1O[C@]1(c3cc(O)c(O)c(O)c3)Oc3cc(O)c4c(c3[C@H]2[C@@H]1O)O[C@H](c1cc(O)c(O)c(O)c1)[C@@H](O)C4. The smallest absolute Gasteiger partial charge is 0.305 e. The maximum Gasteiger partial charge on any atom is 0.305 e. The lowest BCUT2D eigenvalue weighted by Gasteiger charge is -2.52. The molecule has 8 aromatic carbocycles. The van der Waals surface area contributed by atoms with E-state index >= 15 is 0 Å². The average Bonchev–Trinajstić information content (AvgIpc) is 0.693. The van der Waals surface area contributed by atoms with Crippen molar-refractivity contribution in [1.82, 2.24) is 0 Å². The molecule has 0 aromatic heterocycles. The van der Waals surface area contributed by atoms with Gasteiger partial charge < -0.3 is 141 Å². The largest absolute Gasteiger partial charge is 0.508 e. The van der Waals surface area contributed by atoms with Crippen molar-refractivity contribution >= 4 is 0 Å². The van der Waals surface area contributed by atoms with E-state index < -0.39 is 232 Å². The normalized spacial score (nSPS) is 25.7. The Balaban J connectivity index is 1.06. The number of phenols is 18. The Bertz CT molecular complexity index is 4320. The summed E-state index contributed by atoms with van der Waals surface area (Å²) in [5, 5.41) is 251. The molecular formula is C60H46O28. The summed E-state index contributed by atoms with van der Waals surface area (Å²) in [6.45, 7) is 0. The van der Waals surface area contributed by atoms with E-state index in [4.69, 9.17) is 28.4 Å². The fraction of sp³-hybridized carbons (Fsp3) is 0.200. The van der Waals surface area contributed by atoms with Crippen LogP contribution < -0.4 is 28.4 Å². The number of aliphatic hydroxyl groups is 4. The van der Waals surface area contributed by atoms with Gasteiger partial charge in [-0.05, 0) is 48.5 Å². The molecular weight excluding hydrogens is 1170 g/mol. The number of hydrogen-bond acceptors (Lipinski definition) is 28. The van der Waals surface area contributed by atoms with Crippen molar-refractivity contribution < 1.29 is 141 Å². The predicted molar refractivity (Wildman–Crippen MR) is 287 cm³/mol. The fourth-order valence-electron chi connectivity index (χ4n) is 13.2. The van der Waals surface area contributed by atoms with Crippen LogP contribution in [0.15, 0.2) is 78.9 Å². The Hall–Kier alpha value is -11.2. The van der Waals surface area contributed by atoms with Gasteiger partial charge in [-0.15, -0.1) is 0 Å². The molecule has 28 heteroatoms. The molecule has 0 radical (unpaired) electrons. The summed E-state index contributed by atoms with van der Waals surface area (Å²) < 4.78 is 39.1. The number of ether oxygens (including phenoxy) is 6. The van der Waals surface area contributed by atoms with E-state index in [2.05, 4.69) is 0 Å². The van der Waals surface area contributed by atoms with Gasteiger partial charge in [0.05, 0.1) is 23.9 Å². The first kappa shape index (κ1) is 54.7. The second-order valence-electron chi connectivity index (χ2n) is 22.1. The van der Waals surface area contributed by atoms with Gasteiger partial charge in [-0.2, -0.15) is 0 Å². The Morgan fingerprint density at radius 2 is 0.693 bits per heavy atom. The minimum absolute atomic E-state index is 0.147. The molecule has 14 rings (SSSR count). The van der Waals surface area contributed by atoms with Crippen molar-refractivity contribution in [3.05, 3.63) is 140 Å². The highest BCUT2D eigenvalue weighted by Crippen LogP contribution is 2.69. The van der Waals surface area contributed by atoms with Crippen LogP contribution in [0.4, 0.5) is 0 Å². The highest BCUT2D eigenvalue weighted by Gasteiger charge is 2.64. The Labute approximate surface area is 489 Å². The van der Waals surface area contributed by atoms with Crippen molar-refractivity contribution in [2.24, 2.45) is 0 Å². The number of aliphatic hydroxyl groups excluding tert-OH is 4. The molecule has 0 spiro atoms. The summed E-state index contributed by atoms with van der Waals surface area (Å²) in [7, 11) is 0. The summed E-state index contributed by atoms with van der Waals surface area (Å²) in [4.78, 5) is 0. The molecule has 6 aliphatic rings. The van der Waals surface area contributed by atoms with E-state index in [0.29, 0.717) is 0 Å². The minimum atomic E-state index is -2.93. The minimum Gasteiger partial charge on any atom is -0.508 e. The first-order valence-electron chi connectivity index (χ1n) is 26.4. The molecule has 0 aliphatic carbocycles. The molecule has 454 valence electrons. The van der Waals surface area contributed by atoms with E-state index in [-0.39, 0.29) is 39.1 Å². The molecule has 11 atom stereocenters. The van der Waals surface area contributed by atoms with Crippen molar-refractivity contribution in [1.29, 1.82) is 0 Å². The molecule has 22 N–H and O–H groups in total. The van der Waals surface area contributed by atoms with Crippen molar-refractivity contribution in [3.8, 4) is 138 Å². The van der Waals surface area contributed by atoms with Gasteiger partial charge >= 0.3 is 11.6 Å². The van der Waals surface area contributed by atoms with Crippen LogP contribution in [-0.2, 0) is 18.0 Å². The van der Waals surface area contributed by atoms with E-state index in [0.717, 1.165) is 78.9 Å². The quantitative estimate of drug-likeness (QED) is 0.107. The number of rotatable bonds is 5. The third-order valence-corrected chi connectivity index (χ3v) is 17.1. The highest BCUT2D eigenvalue weighted by atomic mass is 16.7. The van der Waals surface area contributed by atoms with Gasteiger partial charge in [0.2, 0.25) is 0 Å². The molecule has 8 aromatic rings. The zero-order valence-corrected chi connectivity index (χ0v) is 44.2. The molecule has 4 bridgehead atoms. The molecule has 6 heterocycles. The van der Waals surface area contributed by atoms with Gasteiger partial charge in [0.15, 0.2) is 81.2 Å². The highest BCUT2D eigenvalue weighted by molar-refractivity contribution is 5.75. The summed E-state index contributed by atoms with van der Waals surface area (Å²) in [5.74, 6) is -31.1. The number of benzene rings is 8. The maximum atomic E-state index is 13.2. The van der Waals surface area contributed by atoms with Crippen LogP contribution in [0.25, 0.3) is 0 Å². The zero-order valence-electron chi connectivity index (χ0n) is 44.2. The van der Waals surface area contributed by atoms with E-state index in [1.165, 1.54) is 0 Å². The Morgan fingerprint density at radius 3 is 1.20 bits per heavy atom. The number of phenolic OH excluding ortho intramolecular Hbond substituents is 18. The van der Waals surface area contributed by atoms with Gasteiger partial charge in [0.25, 0.3) is 0 Å². The molecule has 0 unspecified atom stereocenters. The zero-order chi connectivity index (χ0) is 62.5. The summed E-state index contributed by atoms with van der Waals surface area (Å²) in [5.41, 5.74) is -4.42. The third-order valence-electron chi connectivity index (χ3n) is 17.1. The van der Waals surface area contributed by atoms with Crippen LogP contribution in [0, 0.1) is 0 Å². The fourth-order valence-corrected chi connectivity index (χ4v) is 13.2. The van der Waals surface area contributed by atoms with Gasteiger partial charge in [0.1, 0.15) is 87.3 Å². The van der Waals surface area contributed by atoms with Crippen LogP contribution in [0.1, 0.15) is 91.2 Å². The monoisotopic (exact) mass is 1210 g/mol. The molecule has 88 heavy (non-hydrogen) atoms. The van der Waals surface area contributed by atoms with Crippen LogP contribution in [-0.4, -0.2) is 137 Å². The Kier molecular flexibility index (Phi) is 11.3. The number of fused-ring (bicyclic) bond motifs is 16. The van der Waals surface area contributed by atoms with Gasteiger partial charge in [-0.25, -0.2) is 0 Å². The first-order valence-corrected chi connectivity index (χ1v) is 26.4. The average molecular weight is 1220 g/mol. The van der Waals surface area contributed by atoms with Crippen molar-refractivity contribution in [2.75, 3.05) is 0 Å². The maximum absolute atomic E-state index is 13.2. The lowest BCUT2D eigenvalue weighted by molar-refractivity contribution is -0.219. The molecule has 6 aliphatic heterocycles. The summed E-state index contributed by atoms with van der Waals surface area (Å²) in [6, 6.07) is 11.3. The molecule has 0 saturated carbocycles. The molecule has 0 fully saturated rings. The molecule has 28 nitrogen and oxygen atoms in total. The lowest BCUT2D eigenvalue weighted by atomic mass is 9.70. The van der Waals surface area contributed by atoms with E-state index in [1.54, 1.807) is 0 Å². The van der Waals surface area contributed by atoms with Gasteiger partial charge in [-0.1, -0.05) is 0 Å². The standard InChI is InChI=1S/C60H46O28/c61-19-9-22(63)38-35(10-19)85-59(17-5-30(71)49(78)31(72)6-17)57(81)45(38)43-37(86-59)14-25(66)39-44(51(80)53(84-55(39)43)16-3-28(69)48(77)29(70)4-16)40-23(64)12-24(65)41-46-42-36(87-60(58(46)82,88-56(40)41)18-7-32(73)50(79)33(74)8-18)13-21(62)20-11-34(75)52(83-54(20)42)15-1-26(67)47(76)27(68)2-15/h1-10,12-14,34,44-46,51-53,57-58,61-82H,11H2/t34-,44-,45-,46-,51-,52+,53+,57-,58-,59+,60-/m0/s1. The molecule has 0 saturated heterocycles. The number of aromatic hydroxyl groups is 18. The van der Waals surface area contributed by atoms with Crippen LogP contribution in [0.5, 0.6) is 138 Å². The van der Waals surface area contributed by atoms with Crippen LogP contribution in [0.2, 0.25) is 0 Å². The summed E-state index contributed by atoms with van der Waals surface area (Å²) in [6.07, 6.45) is -12.5. The van der Waals surface area contributed by atoms with Crippen molar-refractivity contribution in [3.63, 3.8) is 0 Å². The number of hydrogen-bond donors (Lipinski definition) is 22. The second-order valence-corrected chi connectivity index (χ2v) is 22.1. The Morgan fingerprint density at radius 1 is 0.318 bits per heavy atom. The first-order chi connectivity index (χ1) is 41.6. The lowest BCUT2D eigenvalue weighted by Crippen LogP contribution is -2.58. The van der Waals surface area contributed by atoms with Gasteiger partial charge in [0, 0.05) is 98.0 Å². The van der Waals surface area contributed by atoms with Crippen LogP contribution in [0.3, 0.4) is 0 Å². The summed E-state index contributed by atoms with van der Waals surface area (Å²) >= 11 is 0. The predicted octanol–water partition coefficient (Wildman–Crippen LogP) is 4.31. The van der Waals surface area contributed by atoms with E-state index in [9.17, 15) is 112 Å². The topological polar surface area (TPSA) is 500 Å². The van der Waals surface area contributed by atoms with E-state index in [1.807, 2.05) is 0 Å². The van der Waals surface area contributed by atoms with Gasteiger partial charge in [-0.3, -0.25) is 0 Å². The molecule has 0 amide bonds. The third kappa shape index (κ3) is 7.27. The van der Waals surface area contributed by atoms with Crippen LogP contribution >= 0.6 is 0 Å². The second kappa shape index (κ2) is 18.2. The van der Waals surface area contributed by atoms with Crippen molar-refractivity contribution in [2.45, 2.75) is 72.4 Å².